The maximum atomic E-state index is 12.3. The first kappa shape index (κ1) is 17.0. The molecule has 1 amide bonds. The average molecular weight is 324 g/mol. The fraction of sp³-hybridized carbons (Fsp3) is 0.667. The molecule has 1 aliphatic rings. The summed E-state index contributed by atoms with van der Waals surface area (Å²) < 4.78 is 1.62. The topological polar surface area (TPSA) is 67.2 Å². The molecule has 0 saturated carbocycles. The van der Waals surface area contributed by atoms with E-state index in [1.54, 1.807) is 17.7 Å². The summed E-state index contributed by atoms with van der Waals surface area (Å²) in [5, 5.41) is 3.70. The predicted molar refractivity (Wildman–Crippen MR) is 88.2 cm³/mol. The van der Waals surface area contributed by atoms with Crippen molar-refractivity contribution in [3.8, 4) is 0 Å². The molecular weight excluding hydrogens is 300 g/mol. The highest BCUT2D eigenvalue weighted by molar-refractivity contribution is 7.99. The van der Waals surface area contributed by atoms with Gasteiger partial charge in [0.15, 0.2) is 5.16 Å². The van der Waals surface area contributed by atoms with E-state index in [0.717, 1.165) is 19.6 Å². The number of nitrogens with zero attached hydrogens (tertiary/aromatic N) is 3. The Morgan fingerprint density at radius 3 is 2.91 bits per heavy atom. The third-order valence-electron chi connectivity index (χ3n) is 3.99. The summed E-state index contributed by atoms with van der Waals surface area (Å²) in [4.78, 5) is 31.0. The third kappa shape index (κ3) is 3.89. The van der Waals surface area contributed by atoms with Crippen LogP contribution in [0.15, 0.2) is 16.1 Å². The van der Waals surface area contributed by atoms with Crippen LogP contribution in [-0.2, 0) is 11.3 Å². The van der Waals surface area contributed by atoms with E-state index in [1.807, 2.05) is 0 Å². The van der Waals surface area contributed by atoms with Crippen molar-refractivity contribution in [1.29, 1.82) is 0 Å². The van der Waals surface area contributed by atoms with Crippen LogP contribution in [0.4, 0.5) is 0 Å². The molecule has 1 atom stereocenters. The fourth-order valence-corrected chi connectivity index (χ4v) is 3.53. The van der Waals surface area contributed by atoms with E-state index in [0.29, 0.717) is 29.6 Å². The maximum absolute atomic E-state index is 12.3. The van der Waals surface area contributed by atoms with Gasteiger partial charge in [-0.1, -0.05) is 25.6 Å². The lowest BCUT2D eigenvalue weighted by Gasteiger charge is -2.25. The highest BCUT2D eigenvalue weighted by atomic mass is 32.2. The number of hydrogen-bond acceptors (Lipinski definition) is 5. The zero-order chi connectivity index (χ0) is 16.1. The third-order valence-corrected chi connectivity index (χ3v) is 5.14. The van der Waals surface area contributed by atoms with Crippen LogP contribution in [-0.4, -0.2) is 52.3 Å². The Kier molecular flexibility index (Phi) is 6.02. The summed E-state index contributed by atoms with van der Waals surface area (Å²) in [7, 11) is 0. The van der Waals surface area contributed by atoms with Gasteiger partial charge in [0.2, 0.25) is 5.91 Å². The van der Waals surface area contributed by atoms with Crippen molar-refractivity contribution >= 4 is 17.7 Å². The number of hydrogen-bond donors (Lipinski definition) is 1. The first-order valence-electron chi connectivity index (χ1n) is 7.76. The van der Waals surface area contributed by atoms with E-state index < -0.39 is 0 Å². The zero-order valence-electron chi connectivity index (χ0n) is 13.5. The van der Waals surface area contributed by atoms with E-state index >= 15 is 0 Å². The van der Waals surface area contributed by atoms with Gasteiger partial charge < -0.3 is 10.2 Å². The summed E-state index contributed by atoms with van der Waals surface area (Å²) in [5.41, 5.74) is 0.574. The molecule has 2 heterocycles. The Bertz CT molecular complexity index is 583. The van der Waals surface area contributed by atoms with Gasteiger partial charge in [-0.15, -0.1) is 0 Å². The largest absolute Gasteiger partial charge is 0.354 e. The average Bonchev–Trinajstić information content (AvgIpc) is 2.54. The molecule has 122 valence electrons. The van der Waals surface area contributed by atoms with Crippen molar-refractivity contribution in [2.75, 3.05) is 31.9 Å². The highest BCUT2D eigenvalue weighted by Crippen LogP contribution is 2.24. The SMILES string of the molecule is CCN(CC)CCNC(=O)C1CSc2ncc(C)c(=O)n2C1. The lowest BCUT2D eigenvalue weighted by Crippen LogP contribution is -2.42. The van der Waals surface area contributed by atoms with Gasteiger partial charge in [-0.05, 0) is 20.0 Å². The van der Waals surface area contributed by atoms with E-state index in [4.69, 9.17) is 0 Å². The summed E-state index contributed by atoms with van der Waals surface area (Å²) in [6.07, 6.45) is 1.60. The van der Waals surface area contributed by atoms with Crippen molar-refractivity contribution in [3.05, 3.63) is 22.1 Å². The number of amides is 1. The molecule has 2 rings (SSSR count). The Morgan fingerprint density at radius 2 is 2.23 bits per heavy atom. The van der Waals surface area contributed by atoms with Crippen LogP contribution in [0.3, 0.4) is 0 Å². The van der Waals surface area contributed by atoms with Crippen molar-refractivity contribution in [2.45, 2.75) is 32.5 Å². The molecule has 1 aromatic rings. The molecule has 22 heavy (non-hydrogen) atoms. The minimum absolute atomic E-state index is 0.0266. The maximum Gasteiger partial charge on any atom is 0.257 e. The Labute approximate surface area is 135 Å². The van der Waals surface area contributed by atoms with Crippen LogP contribution in [0.25, 0.3) is 0 Å². The fourth-order valence-electron chi connectivity index (χ4n) is 2.48. The van der Waals surface area contributed by atoms with Crippen LogP contribution >= 0.6 is 11.8 Å². The number of nitrogens with one attached hydrogen (secondary N) is 1. The second kappa shape index (κ2) is 7.78. The molecule has 1 N–H and O–H groups in total. The van der Waals surface area contributed by atoms with Gasteiger partial charge >= 0.3 is 0 Å². The molecule has 0 aromatic carbocycles. The summed E-state index contributed by atoms with van der Waals surface area (Å²) in [6, 6.07) is 0. The smallest absolute Gasteiger partial charge is 0.257 e. The minimum atomic E-state index is -0.171. The molecule has 0 spiro atoms. The number of carbonyl (C=O) groups excluding carboxylic acids is 1. The lowest BCUT2D eigenvalue weighted by atomic mass is 10.1. The zero-order valence-corrected chi connectivity index (χ0v) is 14.3. The standard InChI is InChI=1S/C15H24N4O2S/c1-4-18(5-2)7-6-16-13(20)12-9-19-14(21)11(3)8-17-15(19)22-10-12/h8,12H,4-7,9-10H2,1-3H3,(H,16,20). The van der Waals surface area contributed by atoms with Crippen LogP contribution in [0, 0.1) is 12.8 Å². The van der Waals surface area contributed by atoms with Gasteiger partial charge in [0.1, 0.15) is 0 Å². The summed E-state index contributed by atoms with van der Waals surface area (Å²) >= 11 is 1.48. The number of thioether (sulfide) groups is 1. The summed E-state index contributed by atoms with van der Waals surface area (Å²) in [6.45, 7) is 9.88. The highest BCUT2D eigenvalue weighted by Gasteiger charge is 2.26. The molecule has 0 aliphatic carbocycles. The lowest BCUT2D eigenvalue weighted by molar-refractivity contribution is -0.124. The van der Waals surface area contributed by atoms with Crippen LogP contribution in [0.2, 0.25) is 0 Å². The normalized spacial score (nSPS) is 17.4. The molecule has 7 heteroatoms. The van der Waals surface area contributed by atoms with E-state index in [-0.39, 0.29) is 17.4 Å². The molecule has 1 aromatic heterocycles. The van der Waals surface area contributed by atoms with Gasteiger partial charge in [0.25, 0.3) is 5.56 Å². The monoisotopic (exact) mass is 324 g/mol. The molecule has 6 nitrogen and oxygen atoms in total. The van der Waals surface area contributed by atoms with Crippen molar-refractivity contribution in [2.24, 2.45) is 5.92 Å². The Hall–Kier alpha value is -1.34. The number of aryl methyl sites for hydroxylation is 1. The van der Waals surface area contributed by atoms with Crippen molar-refractivity contribution < 1.29 is 4.79 Å². The molecule has 0 fully saturated rings. The summed E-state index contributed by atoms with van der Waals surface area (Å²) in [5.74, 6) is 0.529. The van der Waals surface area contributed by atoms with E-state index in [2.05, 4.69) is 29.0 Å². The van der Waals surface area contributed by atoms with Crippen LogP contribution < -0.4 is 10.9 Å². The first-order chi connectivity index (χ1) is 10.6. The van der Waals surface area contributed by atoms with Crippen LogP contribution in [0.1, 0.15) is 19.4 Å². The van der Waals surface area contributed by atoms with Gasteiger partial charge in [-0.2, -0.15) is 0 Å². The molecule has 1 unspecified atom stereocenters. The van der Waals surface area contributed by atoms with E-state index in [9.17, 15) is 9.59 Å². The van der Waals surface area contributed by atoms with Gasteiger partial charge in [-0.3, -0.25) is 14.2 Å². The quantitative estimate of drug-likeness (QED) is 0.782. The Balaban J connectivity index is 1.93. The molecule has 0 radical (unpaired) electrons. The van der Waals surface area contributed by atoms with Gasteiger partial charge in [0.05, 0.1) is 5.92 Å². The van der Waals surface area contributed by atoms with Crippen molar-refractivity contribution in [3.63, 3.8) is 0 Å². The molecule has 0 bridgehead atoms. The molecular formula is C15H24N4O2S. The van der Waals surface area contributed by atoms with E-state index in [1.165, 1.54) is 11.8 Å². The van der Waals surface area contributed by atoms with Gasteiger partial charge in [-0.25, -0.2) is 4.98 Å². The number of aromatic nitrogens is 2. The van der Waals surface area contributed by atoms with Crippen LogP contribution in [0.5, 0.6) is 0 Å². The first-order valence-corrected chi connectivity index (χ1v) is 8.74. The van der Waals surface area contributed by atoms with Crippen molar-refractivity contribution in [1.82, 2.24) is 19.8 Å². The number of carbonyl (C=O) groups is 1. The number of fused-ring (bicyclic) bond motifs is 1. The Morgan fingerprint density at radius 1 is 1.50 bits per heavy atom. The number of likely N-dealkylation sites (N-methyl/N-ethyl adjacent to an activating group) is 1. The number of rotatable bonds is 6. The van der Waals surface area contributed by atoms with Gasteiger partial charge in [0, 0.05) is 37.1 Å². The molecule has 0 saturated heterocycles. The second-order valence-corrected chi connectivity index (χ2v) is 6.45. The predicted octanol–water partition coefficient (Wildman–Crippen LogP) is 0.732. The second-order valence-electron chi connectivity index (χ2n) is 5.47. The molecule has 1 aliphatic heterocycles. The minimum Gasteiger partial charge on any atom is -0.354 e.